The molecule has 1 aromatic heterocycles. The standard InChI is InChI=1S/C15H19N3O2/c1-11-4-6-12(7-5-11)14-13(17-10-20-14)15(19)18(3)9-8-16-2/h4-7,10,16H,8-9H2,1-3H3. The van der Waals surface area contributed by atoms with Crippen molar-refractivity contribution < 1.29 is 9.21 Å². The Bertz CT molecular complexity index is 575. The van der Waals surface area contributed by atoms with Gasteiger partial charge in [0.2, 0.25) is 0 Å². The third-order valence-corrected chi connectivity index (χ3v) is 3.13. The lowest BCUT2D eigenvalue weighted by Crippen LogP contribution is -2.33. The van der Waals surface area contributed by atoms with Gasteiger partial charge in [0.15, 0.2) is 17.8 Å². The van der Waals surface area contributed by atoms with Gasteiger partial charge in [-0.05, 0) is 14.0 Å². The van der Waals surface area contributed by atoms with Gasteiger partial charge >= 0.3 is 0 Å². The summed E-state index contributed by atoms with van der Waals surface area (Å²) in [4.78, 5) is 18.0. The van der Waals surface area contributed by atoms with E-state index in [0.717, 1.165) is 17.7 Å². The minimum Gasteiger partial charge on any atom is -0.443 e. The lowest BCUT2D eigenvalue weighted by Gasteiger charge is -2.15. The van der Waals surface area contributed by atoms with Crippen LogP contribution < -0.4 is 5.32 Å². The monoisotopic (exact) mass is 273 g/mol. The van der Waals surface area contributed by atoms with Gasteiger partial charge in [-0.15, -0.1) is 0 Å². The number of nitrogens with one attached hydrogen (secondary N) is 1. The minimum atomic E-state index is -0.135. The minimum absolute atomic E-state index is 0.135. The maximum Gasteiger partial charge on any atom is 0.276 e. The van der Waals surface area contributed by atoms with Crippen molar-refractivity contribution in [1.82, 2.24) is 15.2 Å². The van der Waals surface area contributed by atoms with Crippen LogP contribution in [0, 0.1) is 6.92 Å². The van der Waals surface area contributed by atoms with Crippen molar-refractivity contribution in [3.05, 3.63) is 41.9 Å². The summed E-state index contributed by atoms with van der Waals surface area (Å²) in [6, 6.07) is 7.83. The van der Waals surface area contributed by atoms with Crippen molar-refractivity contribution in [3.8, 4) is 11.3 Å². The Hall–Kier alpha value is -2.14. The molecule has 0 atom stereocenters. The molecule has 20 heavy (non-hydrogen) atoms. The molecule has 106 valence electrons. The molecule has 5 heteroatoms. The second kappa shape index (κ2) is 6.34. The van der Waals surface area contributed by atoms with E-state index in [4.69, 9.17) is 4.42 Å². The summed E-state index contributed by atoms with van der Waals surface area (Å²) in [6.07, 6.45) is 1.31. The number of likely N-dealkylation sites (N-methyl/N-ethyl adjacent to an activating group) is 2. The van der Waals surface area contributed by atoms with E-state index in [-0.39, 0.29) is 5.91 Å². The van der Waals surface area contributed by atoms with Crippen LogP contribution in [0.5, 0.6) is 0 Å². The number of hydrogen-bond donors (Lipinski definition) is 1. The molecule has 2 rings (SSSR count). The number of rotatable bonds is 5. The van der Waals surface area contributed by atoms with Crippen LogP contribution in [0.15, 0.2) is 35.1 Å². The topological polar surface area (TPSA) is 58.4 Å². The largest absolute Gasteiger partial charge is 0.443 e. The normalized spacial score (nSPS) is 10.6. The molecule has 0 bridgehead atoms. The molecule has 0 radical (unpaired) electrons. The number of amides is 1. The Labute approximate surface area is 118 Å². The van der Waals surface area contributed by atoms with Crippen molar-refractivity contribution >= 4 is 5.91 Å². The van der Waals surface area contributed by atoms with E-state index >= 15 is 0 Å². The van der Waals surface area contributed by atoms with Gasteiger partial charge in [0.05, 0.1) is 0 Å². The molecule has 5 nitrogen and oxygen atoms in total. The van der Waals surface area contributed by atoms with Gasteiger partial charge < -0.3 is 14.6 Å². The van der Waals surface area contributed by atoms with Crippen molar-refractivity contribution in [2.24, 2.45) is 0 Å². The second-order valence-corrected chi connectivity index (χ2v) is 4.73. The average molecular weight is 273 g/mol. The highest BCUT2D eigenvalue weighted by Crippen LogP contribution is 2.24. The van der Waals surface area contributed by atoms with E-state index in [1.807, 2.05) is 38.2 Å². The lowest BCUT2D eigenvalue weighted by molar-refractivity contribution is 0.0792. The van der Waals surface area contributed by atoms with Crippen LogP contribution in [0.1, 0.15) is 16.1 Å². The number of nitrogens with zero attached hydrogens (tertiary/aromatic N) is 2. The number of oxazole rings is 1. The Morgan fingerprint density at radius 3 is 2.70 bits per heavy atom. The van der Waals surface area contributed by atoms with Crippen LogP contribution >= 0.6 is 0 Å². The Balaban J connectivity index is 2.24. The second-order valence-electron chi connectivity index (χ2n) is 4.73. The predicted molar refractivity (Wildman–Crippen MR) is 77.6 cm³/mol. The predicted octanol–water partition coefficient (Wildman–Crippen LogP) is 1.94. The lowest BCUT2D eigenvalue weighted by atomic mass is 10.1. The molecular weight excluding hydrogens is 254 g/mol. The molecule has 2 aromatic rings. The average Bonchev–Trinajstić information content (AvgIpc) is 2.94. The molecule has 1 N–H and O–H groups in total. The fourth-order valence-electron chi connectivity index (χ4n) is 1.87. The third kappa shape index (κ3) is 3.05. The van der Waals surface area contributed by atoms with Crippen LogP contribution in [0.3, 0.4) is 0 Å². The fraction of sp³-hybridized carbons (Fsp3) is 0.333. The van der Waals surface area contributed by atoms with Crippen LogP contribution in [-0.4, -0.2) is 43.0 Å². The Morgan fingerprint density at radius 2 is 2.05 bits per heavy atom. The molecule has 0 saturated heterocycles. The molecule has 0 fully saturated rings. The smallest absolute Gasteiger partial charge is 0.276 e. The Morgan fingerprint density at radius 1 is 1.35 bits per heavy atom. The van der Waals surface area contributed by atoms with E-state index < -0.39 is 0 Å². The number of aryl methyl sites for hydroxylation is 1. The fourth-order valence-corrected chi connectivity index (χ4v) is 1.87. The van der Waals surface area contributed by atoms with Gasteiger partial charge in [0.1, 0.15) is 0 Å². The van der Waals surface area contributed by atoms with Gasteiger partial charge in [-0.1, -0.05) is 29.8 Å². The number of hydrogen-bond acceptors (Lipinski definition) is 4. The van der Waals surface area contributed by atoms with E-state index in [2.05, 4.69) is 10.3 Å². The number of carbonyl (C=O) groups excluding carboxylic acids is 1. The number of benzene rings is 1. The van der Waals surface area contributed by atoms with Gasteiger partial charge in [-0.25, -0.2) is 4.98 Å². The van der Waals surface area contributed by atoms with Crippen LogP contribution in [-0.2, 0) is 0 Å². The summed E-state index contributed by atoms with van der Waals surface area (Å²) >= 11 is 0. The highest BCUT2D eigenvalue weighted by atomic mass is 16.3. The van der Waals surface area contributed by atoms with Gasteiger partial charge in [0, 0.05) is 25.7 Å². The zero-order chi connectivity index (χ0) is 14.5. The van der Waals surface area contributed by atoms with Crippen molar-refractivity contribution in [3.63, 3.8) is 0 Å². The zero-order valence-corrected chi connectivity index (χ0v) is 12.0. The summed E-state index contributed by atoms with van der Waals surface area (Å²) in [5, 5.41) is 3.01. The highest BCUT2D eigenvalue weighted by molar-refractivity contribution is 5.97. The first-order valence-corrected chi connectivity index (χ1v) is 6.54. The van der Waals surface area contributed by atoms with Crippen molar-refractivity contribution in [2.45, 2.75) is 6.92 Å². The van der Waals surface area contributed by atoms with E-state index in [1.165, 1.54) is 6.39 Å². The highest BCUT2D eigenvalue weighted by Gasteiger charge is 2.21. The first-order chi connectivity index (χ1) is 9.63. The van der Waals surface area contributed by atoms with Crippen molar-refractivity contribution in [2.75, 3.05) is 27.2 Å². The molecule has 1 aromatic carbocycles. The molecule has 1 heterocycles. The summed E-state index contributed by atoms with van der Waals surface area (Å²) in [7, 11) is 3.61. The zero-order valence-electron chi connectivity index (χ0n) is 12.0. The van der Waals surface area contributed by atoms with E-state index in [0.29, 0.717) is 18.0 Å². The first-order valence-electron chi connectivity index (χ1n) is 6.54. The van der Waals surface area contributed by atoms with Crippen molar-refractivity contribution in [1.29, 1.82) is 0 Å². The maximum atomic E-state index is 12.3. The molecule has 0 saturated carbocycles. The SMILES string of the molecule is CNCCN(C)C(=O)c1ncoc1-c1ccc(C)cc1. The van der Waals surface area contributed by atoms with Crippen LogP contribution in [0.25, 0.3) is 11.3 Å². The van der Waals surface area contributed by atoms with Crippen LogP contribution in [0.2, 0.25) is 0 Å². The molecule has 0 aliphatic heterocycles. The molecule has 0 spiro atoms. The number of carbonyl (C=O) groups is 1. The van der Waals surface area contributed by atoms with E-state index in [9.17, 15) is 4.79 Å². The van der Waals surface area contributed by atoms with E-state index in [1.54, 1.807) is 11.9 Å². The quantitative estimate of drug-likeness (QED) is 0.904. The van der Waals surface area contributed by atoms with Gasteiger partial charge in [0.25, 0.3) is 5.91 Å². The summed E-state index contributed by atoms with van der Waals surface area (Å²) in [5.74, 6) is 0.385. The summed E-state index contributed by atoms with van der Waals surface area (Å²) in [6.45, 7) is 3.37. The van der Waals surface area contributed by atoms with Gasteiger partial charge in [-0.3, -0.25) is 4.79 Å². The molecule has 0 unspecified atom stereocenters. The number of aromatic nitrogens is 1. The molecule has 0 aliphatic carbocycles. The molecular formula is C15H19N3O2. The summed E-state index contributed by atoms with van der Waals surface area (Å²) in [5.41, 5.74) is 2.37. The first kappa shape index (κ1) is 14.3. The summed E-state index contributed by atoms with van der Waals surface area (Å²) < 4.78 is 5.39. The maximum absolute atomic E-state index is 12.3. The van der Waals surface area contributed by atoms with Crippen LogP contribution in [0.4, 0.5) is 0 Å². The molecule has 0 aliphatic rings. The van der Waals surface area contributed by atoms with Gasteiger partial charge in [-0.2, -0.15) is 0 Å². The molecule has 1 amide bonds. The Kier molecular flexibility index (Phi) is 4.53. The third-order valence-electron chi connectivity index (χ3n) is 3.13.